The topological polar surface area (TPSA) is 75.7 Å². The van der Waals surface area contributed by atoms with Gasteiger partial charge in [-0.3, -0.25) is 14.5 Å². The van der Waals surface area contributed by atoms with Crippen molar-refractivity contribution in [2.45, 2.75) is 13.0 Å². The number of carbonyl (C=O) groups excluding carboxylic acids is 1. The predicted molar refractivity (Wildman–Crippen MR) is 99.7 cm³/mol. The molecule has 1 aromatic carbocycles. The summed E-state index contributed by atoms with van der Waals surface area (Å²) in [6.45, 7) is 2.17. The van der Waals surface area contributed by atoms with Gasteiger partial charge in [0, 0.05) is 17.6 Å². The normalized spacial score (nSPS) is 12.5. The summed E-state index contributed by atoms with van der Waals surface area (Å²) in [6, 6.07) is 9.49. The van der Waals surface area contributed by atoms with Crippen LogP contribution >= 0.6 is 11.6 Å². The molecule has 7 heteroatoms. The lowest BCUT2D eigenvalue weighted by molar-refractivity contribution is 0.0911. The summed E-state index contributed by atoms with van der Waals surface area (Å²) in [7, 11) is 3.79. The van der Waals surface area contributed by atoms with E-state index in [2.05, 4.69) is 5.32 Å². The largest absolute Gasteiger partial charge is 0.465 e. The van der Waals surface area contributed by atoms with E-state index in [4.69, 9.17) is 20.4 Å². The van der Waals surface area contributed by atoms with Gasteiger partial charge in [0.25, 0.3) is 5.91 Å². The second-order valence-electron chi connectivity index (χ2n) is 6.25. The fourth-order valence-corrected chi connectivity index (χ4v) is 2.86. The number of nitrogens with one attached hydrogen (secondary N) is 1. The lowest BCUT2D eigenvalue weighted by Gasteiger charge is -2.22. The third-order valence-corrected chi connectivity index (χ3v) is 4.32. The number of halogens is 1. The van der Waals surface area contributed by atoms with Gasteiger partial charge in [0.2, 0.25) is 0 Å². The molecule has 2 aromatic heterocycles. The Morgan fingerprint density at radius 2 is 1.96 bits per heavy atom. The molecule has 1 atom stereocenters. The fourth-order valence-electron chi connectivity index (χ4n) is 2.69. The first kappa shape index (κ1) is 18.2. The van der Waals surface area contributed by atoms with Gasteiger partial charge >= 0.3 is 0 Å². The third-order valence-electron chi connectivity index (χ3n) is 4.08. The first-order valence-electron chi connectivity index (χ1n) is 8.09. The van der Waals surface area contributed by atoms with Crippen LogP contribution in [0.15, 0.2) is 50.0 Å². The Balaban J connectivity index is 1.80. The van der Waals surface area contributed by atoms with Crippen molar-refractivity contribution < 1.29 is 13.6 Å². The van der Waals surface area contributed by atoms with Gasteiger partial charge in [0.05, 0.1) is 11.4 Å². The molecule has 1 N–H and O–H groups in total. The van der Waals surface area contributed by atoms with E-state index in [1.807, 2.05) is 38.1 Å². The first-order chi connectivity index (χ1) is 12.3. The fraction of sp³-hybridized carbons (Fsp3) is 0.263. The van der Waals surface area contributed by atoms with Crippen LogP contribution in [-0.2, 0) is 0 Å². The molecule has 0 spiro atoms. The van der Waals surface area contributed by atoms with Crippen molar-refractivity contribution in [1.82, 2.24) is 10.2 Å². The van der Waals surface area contributed by atoms with Crippen molar-refractivity contribution in [3.05, 3.63) is 68.9 Å². The van der Waals surface area contributed by atoms with E-state index in [1.54, 1.807) is 12.1 Å². The molecule has 2 heterocycles. The van der Waals surface area contributed by atoms with Gasteiger partial charge in [-0.2, -0.15) is 0 Å². The van der Waals surface area contributed by atoms with Crippen LogP contribution in [0.1, 0.15) is 28.1 Å². The average molecular weight is 375 g/mol. The Bertz CT molecular complexity index is 1010. The second-order valence-corrected chi connectivity index (χ2v) is 6.69. The summed E-state index contributed by atoms with van der Waals surface area (Å²) in [4.78, 5) is 26.6. The molecule has 0 radical (unpaired) electrons. The molecule has 0 saturated carbocycles. The van der Waals surface area contributed by atoms with Crippen LogP contribution in [0, 0.1) is 6.92 Å². The SMILES string of the molecule is Cc1ccc(C(CNC(=O)c2cc(=O)c3cc(Cl)ccc3o2)N(C)C)o1. The number of carbonyl (C=O) groups is 1. The van der Waals surface area contributed by atoms with Crippen molar-refractivity contribution in [3.63, 3.8) is 0 Å². The van der Waals surface area contributed by atoms with Crippen LogP contribution in [0.4, 0.5) is 0 Å². The molecule has 1 amide bonds. The standard InChI is InChI=1S/C19H19ClN2O4/c1-11-4-6-17(25-11)14(22(2)3)10-21-19(24)18-9-15(23)13-8-12(20)5-7-16(13)26-18/h4-9,14H,10H2,1-3H3,(H,21,24). The molecule has 1 unspecified atom stereocenters. The van der Waals surface area contributed by atoms with Crippen molar-refractivity contribution in [2.24, 2.45) is 0 Å². The summed E-state index contributed by atoms with van der Waals surface area (Å²) in [5.74, 6) is 1.05. The minimum Gasteiger partial charge on any atom is -0.465 e. The zero-order valence-electron chi connectivity index (χ0n) is 14.7. The van der Waals surface area contributed by atoms with E-state index in [-0.39, 0.29) is 17.2 Å². The van der Waals surface area contributed by atoms with Crippen molar-refractivity contribution in [1.29, 1.82) is 0 Å². The van der Waals surface area contributed by atoms with E-state index in [1.165, 1.54) is 12.1 Å². The van der Waals surface area contributed by atoms with Gasteiger partial charge in [-0.1, -0.05) is 11.6 Å². The highest BCUT2D eigenvalue weighted by molar-refractivity contribution is 6.31. The Morgan fingerprint density at radius 1 is 1.19 bits per heavy atom. The third kappa shape index (κ3) is 3.81. The van der Waals surface area contributed by atoms with Gasteiger partial charge < -0.3 is 14.2 Å². The molecular weight excluding hydrogens is 356 g/mol. The van der Waals surface area contributed by atoms with Gasteiger partial charge in [-0.05, 0) is 51.4 Å². The zero-order chi connectivity index (χ0) is 18.8. The Morgan fingerprint density at radius 3 is 2.62 bits per heavy atom. The number of likely N-dealkylation sites (N-methyl/N-ethyl adjacent to an activating group) is 1. The summed E-state index contributed by atoms with van der Waals surface area (Å²) in [6.07, 6.45) is 0. The summed E-state index contributed by atoms with van der Waals surface area (Å²) >= 11 is 5.89. The molecule has 6 nitrogen and oxygen atoms in total. The summed E-state index contributed by atoms with van der Waals surface area (Å²) in [5, 5.41) is 3.57. The number of hydrogen-bond donors (Lipinski definition) is 1. The van der Waals surface area contributed by atoms with Crippen molar-refractivity contribution >= 4 is 28.5 Å². The zero-order valence-corrected chi connectivity index (χ0v) is 15.5. The molecule has 0 bridgehead atoms. The average Bonchev–Trinajstić information content (AvgIpc) is 3.01. The molecule has 0 aliphatic heterocycles. The summed E-state index contributed by atoms with van der Waals surface area (Å²) < 4.78 is 11.2. The van der Waals surface area contributed by atoms with Crippen LogP contribution in [0.25, 0.3) is 11.0 Å². The number of nitrogens with zero attached hydrogens (tertiary/aromatic N) is 1. The highest BCUT2D eigenvalue weighted by atomic mass is 35.5. The quantitative estimate of drug-likeness (QED) is 0.741. The minimum absolute atomic E-state index is 0.0436. The maximum absolute atomic E-state index is 12.5. The van der Waals surface area contributed by atoms with E-state index in [0.717, 1.165) is 11.5 Å². The number of aryl methyl sites for hydroxylation is 1. The van der Waals surface area contributed by atoms with Gasteiger partial charge in [0.15, 0.2) is 11.2 Å². The number of hydrogen-bond acceptors (Lipinski definition) is 5. The van der Waals surface area contributed by atoms with Crippen molar-refractivity contribution in [2.75, 3.05) is 20.6 Å². The molecule has 3 rings (SSSR count). The maximum atomic E-state index is 12.5. The van der Waals surface area contributed by atoms with Crippen LogP contribution < -0.4 is 10.7 Å². The number of amides is 1. The molecule has 0 saturated heterocycles. The molecular formula is C19H19ClN2O4. The van der Waals surface area contributed by atoms with E-state index in [0.29, 0.717) is 22.5 Å². The van der Waals surface area contributed by atoms with Crippen LogP contribution in [0.3, 0.4) is 0 Å². The van der Waals surface area contributed by atoms with Crippen LogP contribution in [0.2, 0.25) is 5.02 Å². The molecule has 0 fully saturated rings. The van der Waals surface area contributed by atoms with Crippen molar-refractivity contribution in [3.8, 4) is 0 Å². The van der Waals surface area contributed by atoms with Gasteiger partial charge in [0.1, 0.15) is 17.1 Å². The lowest BCUT2D eigenvalue weighted by Crippen LogP contribution is -2.34. The number of fused-ring (bicyclic) bond motifs is 1. The van der Waals surface area contributed by atoms with E-state index >= 15 is 0 Å². The van der Waals surface area contributed by atoms with Crippen LogP contribution in [-0.4, -0.2) is 31.4 Å². The molecule has 0 aliphatic carbocycles. The monoisotopic (exact) mass is 374 g/mol. The highest BCUT2D eigenvalue weighted by Gasteiger charge is 2.20. The predicted octanol–water partition coefficient (Wildman–Crippen LogP) is 3.38. The van der Waals surface area contributed by atoms with E-state index < -0.39 is 5.91 Å². The number of benzene rings is 1. The molecule has 136 valence electrons. The second kappa shape index (κ2) is 7.35. The maximum Gasteiger partial charge on any atom is 0.287 e. The lowest BCUT2D eigenvalue weighted by atomic mass is 10.2. The van der Waals surface area contributed by atoms with Crippen LogP contribution in [0.5, 0.6) is 0 Å². The number of furan rings is 1. The molecule has 26 heavy (non-hydrogen) atoms. The molecule has 0 aliphatic rings. The minimum atomic E-state index is -0.464. The smallest absolute Gasteiger partial charge is 0.287 e. The molecule has 3 aromatic rings. The number of rotatable bonds is 5. The summed E-state index contributed by atoms with van der Waals surface area (Å²) in [5.41, 5.74) is 0.00240. The Hall–Kier alpha value is -2.57. The Labute approximate surface area is 155 Å². The van der Waals surface area contributed by atoms with E-state index in [9.17, 15) is 9.59 Å². The first-order valence-corrected chi connectivity index (χ1v) is 8.47. The highest BCUT2D eigenvalue weighted by Crippen LogP contribution is 2.21. The Kier molecular flexibility index (Phi) is 5.15. The van der Waals surface area contributed by atoms with Gasteiger partial charge in [-0.25, -0.2) is 0 Å². The van der Waals surface area contributed by atoms with Gasteiger partial charge in [-0.15, -0.1) is 0 Å².